The van der Waals surface area contributed by atoms with Crippen molar-refractivity contribution in [1.29, 1.82) is 0 Å². The third kappa shape index (κ3) is 1.54. The van der Waals surface area contributed by atoms with Crippen molar-refractivity contribution in [3.63, 3.8) is 0 Å². The zero-order valence-electron chi connectivity index (χ0n) is 10.8. The van der Waals surface area contributed by atoms with Crippen LogP contribution < -0.4 is 10.2 Å². The molecule has 0 saturated heterocycles. The van der Waals surface area contributed by atoms with Crippen LogP contribution in [0, 0.1) is 0 Å². The molecule has 4 rings (SSSR count). The van der Waals surface area contributed by atoms with Crippen molar-refractivity contribution in [2.75, 3.05) is 0 Å². The smallest absolute Gasteiger partial charge is 0.200 e. The van der Waals surface area contributed by atoms with Crippen LogP contribution in [0.15, 0.2) is 44.0 Å². The molecule has 4 heteroatoms. The summed E-state index contributed by atoms with van der Waals surface area (Å²) in [5.74, 6) is 0.795. The maximum atomic E-state index is 12.6. The average Bonchev–Trinajstić information content (AvgIpc) is 2.82. The predicted octanol–water partition coefficient (Wildman–Crippen LogP) is 4.03. The second-order valence-electron chi connectivity index (χ2n) is 5.12. The second kappa shape index (κ2) is 4.09. The molecule has 20 heavy (non-hydrogen) atoms. The standard InChI is InChI=1S/C16H11BrO3/c1-8-6-9-7-11-14(18)10-4-2-3-5-12(10)20-16(11)13(17)15(9)19-8/h2-5,7-8H,6H2,1H3. The molecule has 0 amide bonds. The maximum Gasteiger partial charge on any atom is 0.200 e. The number of ether oxygens (including phenoxy) is 1. The number of hydrogen-bond donors (Lipinski definition) is 0. The Balaban J connectivity index is 2.20. The van der Waals surface area contributed by atoms with E-state index in [-0.39, 0.29) is 11.5 Å². The summed E-state index contributed by atoms with van der Waals surface area (Å²) >= 11 is 3.52. The molecule has 0 saturated carbocycles. The molecule has 1 unspecified atom stereocenters. The SMILES string of the molecule is CC1Cc2cc3c(=O)c4ccccc4oc3c(Br)c2O1. The van der Waals surface area contributed by atoms with Gasteiger partial charge >= 0.3 is 0 Å². The average molecular weight is 331 g/mol. The van der Waals surface area contributed by atoms with Gasteiger partial charge in [0.05, 0.1) is 10.8 Å². The van der Waals surface area contributed by atoms with Crippen LogP contribution in [-0.2, 0) is 6.42 Å². The first kappa shape index (κ1) is 12.0. The number of halogens is 1. The van der Waals surface area contributed by atoms with Crippen molar-refractivity contribution in [3.8, 4) is 5.75 Å². The third-order valence-corrected chi connectivity index (χ3v) is 4.39. The minimum Gasteiger partial charge on any atom is -0.489 e. The van der Waals surface area contributed by atoms with Gasteiger partial charge in [-0.1, -0.05) is 12.1 Å². The van der Waals surface area contributed by atoms with E-state index in [1.807, 2.05) is 25.1 Å². The van der Waals surface area contributed by atoms with Gasteiger partial charge in [0.2, 0.25) is 5.43 Å². The van der Waals surface area contributed by atoms with E-state index >= 15 is 0 Å². The molecule has 2 aromatic carbocycles. The van der Waals surface area contributed by atoms with Crippen molar-refractivity contribution in [3.05, 3.63) is 50.6 Å². The summed E-state index contributed by atoms with van der Waals surface area (Å²) in [5.41, 5.74) is 2.21. The van der Waals surface area contributed by atoms with Gasteiger partial charge in [0.1, 0.15) is 21.9 Å². The summed E-state index contributed by atoms with van der Waals surface area (Å²) in [6.45, 7) is 2.02. The number of benzene rings is 2. The summed E-state index contributed by atoms with van der Waals surface area (Å²) in [7, 11) is 0. The zero-order chi connectivity index (χ0) is 13.9. The molecule has 0 spiro atoms. The molecule has 1 aliphatic heterocycles. The molecular formula is C16H11BrO3. The molecule has 1 atom stereocenters. The molecule has 2 heterocycles. The fourth-order valence-electron chi connectivity index (χ4n) is 2.77. The Bertz CT molecular complexity index is 911. The van der Waals surface area contributed by atoms with E-state index in [1.165, 1.54) is 0 Å². The van der Waals surface area contributed by atoms with Crippen LogP contribution in [0.4, 0.5) is 0 Å². The lowest BCUT2D eigenvalue weighted by atomic mass is 10.1. The minimum atomic E-state index is 0.00454. The third-order valence-electron chi connectivity index (χ3n) is 3.67. The van der Waals surface area contributed by atoms with Crippen LogP contribution >= 0.6 is 15.9 Å². The van der Waals surface area contributed by atoms with E-state index in [0.29, 0.717) is 21.9 Å². The summed E-state index contributed by atoms with van der Waals surface area (Å²) in [6.07, 6.45) is 0.943. The highest BCUT2D eigenvalue weighted by Crippen LogP contribution is 2.41. The summed E-state index contributed by atoms with van der Waals surface area (Å²) in [6, 6.07) is 9.20. The summed E-state index contributed by atoms with van der Waals surface area (Å²) < 4.78 is 12.4. The first-order valence-electron chi connectivity index (χ1n) is 6.49. The van der Waals surface area contributed by atoms with Crippen molar-refractivity contribution in [2.45, 2.75) is 19.4 Å². The van der Waals surface area contributed by atoms with E-state index in [2.05, 4.69) is 15.9 Å². The normalized spacial score (nSPS) is 17.4. The van der Waals surface area contributed by atoms with E-state index in [9.17, 15) is 4.79 Å². The van der Waals surface area contributed by atoms with Gasteiger partial charge in [-0.15, -0.1) is 0 Å². The monoisotopic (exact) mass is 330 g/mol. The zero-order valence-corrected chi connectivity index (χ0v) is 12.4. The Morgan fingerprint density at radius 1 is 1.25 bits per heavy atom. The molecule has 100 valence electrons. The maximum absolute atomic E-state index is 12.6. The Morgan fingerprint density at radius 3 is 2.90 bits per heavy atom. The van der Waals surface area contributed by atoms with E-state index in [4.69, 9.17) is 9.15 Å². The lowest BCUT2D eigenvalue weighted by Crippen LogP contribution is -2.05. The number of fused-ring (bicyclic) bond motifs is 3. The lowest BCUT2D eigenvalue weighted by Gasteiger charge is -2.08. The quantitative estimate of drug-likeness (QED) is 0.584. The molecule has 1 aromatic heterocycles. The molecule has 0 N–H and O–H groups in total. The Hall–Kier alpha value is -1.81. The van der Waals surface area contributed by atoms with Crippen molar-refractivity contribution in [2.24, 2.45) is 0 Å². The molecule has 0 radical (unpaired) electrons. The number of hydrogen-bond acceptors (Lipinski definition) is 3. The molecule has 0 aliphatic carbocycles. The predicted molar refractivity (Wildman–Crippen MR) is 81.5 cm³/mol. The molecular weight excluding hydrogens is 320 g/mol. The van der Waals surface area contributed by atoms with E-state index < -0.39 is 0 Å². The summed E-state index contributed by atoms with van der Waals surface area (Å²) in [5, 5.41) is 1.21. The van der Waals surface area contributed by atoms with Crippen LogP contribution in [0.3, 0.4) is 0 Å². The van der Waals surface area contributed by atoms with Crippen LogP contribution in [0.25, 0.3) is 21.9 Å². The van der Waals surface area contributed by atoms with Crippen LogP contribution in [0.1, 0.15) is 12.5 Å². The molecule has 3 aromatic rings. The minimum absolute atomic E-state index is 0.00454. The Labute approximate surface area is 123 Å². The summed E-state index contributed by atoms with van der Waals surface area (Å²) in [4.78, 5) is 12.6. The first-order valence-corrected chi connectivity index (χ1v) is 7.28. The van der Waals surface area contributed by atoms with Gasteiger partial charge in [0.15, 0.2) is 5.58 Å². The highest BCUT2D eigenvalue weighted by atomic mass is 79.9. The van der Waals surface area contributed by atoms with Crippen molar-refractivity contribution >= 4 is 37.9 Å². The van der Waals surface area contributed by atoms with Gasteiger partial charge in [0, 0.05) is 6.42 Å². The molecule has 0 bridgehead atoms. The van der Waals surface area contributed by atoms with E-state index in [1.54, 1.807) is 12.1 Å². The lowest BCUT2D eigenvalue weighted by molar-refractivity contribution is 0.253. The highest BCUT2D eigenvalue weighted by Gasteiger charge is 2.25. The van der Waals surface area contributed by atoms with Gasteiger partial charge < -0.3 is 9.15 Å². The number of rotatable bonds is 0. The molecule has 3 nitrogen and oxygen atoms in total. The van der Waals surface area contributed by atoms with Gasteiger partial charge in [-0.2, -0.15) is 0 Å². The molecule has 1 aliphatic rings. The number of para-hydroxylation sites is 1. The van der Waals surface area contributed by atoms with Crippen LogP contribution in [-0.4, -0.2) is 6.10 Å². The fraction of sp³-hybridized carbons (Fsp3) is 0.188. The van der Waals surface area contributed by atoms with Crippen LogP contribution in [0.2, 0.25) is 0 Å². The Morgan fingerprint density at radius 2 is 2.05 bits per heavy atom. The van der Waals surface area contributed by atoms with Gasteiger partial charge in [-0.25, -0.2) is 0 Å². The van der Waals surface area contributed by atoms with Gasteiger partial charge in [-0.3, -0.25) is 4.79 Å². The first-order chi connectivity index (χ1) is 9.65. The van der Waals surface area contributed by atoms with Crippen LogP contribution in [0.5, 0.6) is 5.75 Å². The Kier molecular flexibility index (Phi) is 2.45. The second-order valence-corrected chi connectivity index (χ2v) is 5.91. The van der Waals surface area contributed by atoms with Gasteiger partial charge in [-0.05, 0) is 46.6 Å². The van der Waals surface area contributed by atoms with Crippen molar-refractivity contribution in [1.82, 2.24) is 0 Å². The van der Waals surface area contributed by atoms with Gasteiger partial charge in [0.25, 0.3) is 0 Å². The van der Waals surface area contributed by atoms with E-state index in [0.717, 1.165) is 22.2 Å². The topological polar surface area (TPSA) is 39.4 Å². The molecule has 0 fully saturated rings. The fourth-order valence-corrected chi connectivity index (χ4v) is 3.41. The van der Waals surface area contributed by atoms with Crippen molar-refractivity contribution < 1.29 is 9.15 Å². The highest BCUT2D eigenvalue weighted by molar-refractivity contribution is 9.10. The largest absolute Gasteiger partial charge is 0.489 e.